The lowest BCUT2D eigenvalue weighted by molar-refractivity contribution is 0.0959. The molecular formula is C22H33ClN4O2. The molecule has 0 bridgehead atoms. The van der Waals surface area contributed by atoms with Gasteiger partial charge in [-0.3, -0.25) is 4.79 Å². The van der Waals surface area contributed by atoms with E-state index in [2.05, 4.69) is 28.4 Å². The number of nitrogens with one attached hydrogen (secondary N) is 2. The quantitative estimate of drug-likeness (QED) is 0.706. The lowest BCUT2D eigenvalue weighted by atomic mass is 10.1. The number of carbonyl (C=O) groups is 2. The summed E-state index contributed by atoms with van der Waals surface area (Å²) in [4.78, 5) is 26.9. The second kappa shape index (κ2) is 10.5. The van der Waals surface area contributed by atoms with E-state index in [4.69, 9.17) is 11.6 Å². The molecule has 0 spiro atoms. The number of allylic oxidation sites excluding steroid dienone is 2. The molecule has 1 aromatic rings. The fourth-order valence-corrected chi connectivity index (χ4v) is 4.45. The minimum atomic E-state index is -0.223. The number of hydrogen-bond donors (Lipinski definition) is 2. The number of amides is 3. The van der Waals surface area contributed by atoms with Crippen LogP contribution in [0.1, 0.15) is 67.2 Å². The predicted octanol–water partition coefficient (Wildman–Crippen LogP) is 4.45. The predicted molar refractivity (Wildman–Crippen MR) is 119 cm³/mol. The van der Waals surface area contributed by atoms with Crippen molar-refractivity contribution < 1.29 is 9.59 Å². The van der Waals surface area contributed by atoms with Crippen molar-refractivity contribution in [3.63, 3.8) is 0 Å². The first kappa shape index (κ1) is 23.1. The van der Waals surface area contributed by atoms with E-state index in [1.54, 1.807) is 18.0 Å². The summed E-state index contributed by atoms with van der Waals surface area (Å²) in [5.74, 6) is -0.196. The minimum absolute atomic E-state index is 0.0264. The molecule has 0 saturated heterocycles. The summed E-state index contributed by atoms with van der Waals surface area (Å²) in [5.41, 5.74) is 2.16. The van der Waals surface area contributed by atoms with Gasteiger partial charge in [-0.15, -0.1) is 13.2 Å². The maximum atomic E-state index is 12.7. The topological polar surface area (TPSA) is 66.4 Å². The van der Waals surface area contributed by atoms with Gasteiger partial charge in [-0.2, -0.15) is 0 Å². The third-order valence-corrected chi connectivity index (χ3v) is 5.88. The van der Waals surface area contributed by atoms with Crippen molar-refractivity contribution in [2.24, 2.45) is 0 Å². The Labute approximate surface area is 179 Å². The number of halogens is 1. The van der Waals surface area contributed by atoms with Crippen LogP contribution in [0.25, 0.3) is 0 Å². The molecule has 2 N–H and O–H groups in total. The van der Waals surface area contributed by atoms with E-state index in [0.29, 0.717) is 30.2 Å². The van der Waals surface area contributed by atoms with E-state index >= 15 is 0 Å². The van der Waals surface area contributed by atoms with Crippen LogP contribution >= 0.6 is 11.6 Å². The first-order valence-corrected chi connectivity index (χ1v) is 10.6. The third-order valence-electron chi connectivity index (χ3n) is 5.49. The zero-order chi connectivity index (χ0) is 21.6. The second-order valence-electron chi connectivity index (χ2n) is 7.54. The molecule has 7 heteroatoms. The van der Waals surface area contributed by atoms with Crippen LogP contribution in [0.2, 0.25) is 5.02 Å². The summed E-state index contributed by atoms with van der Waals surface area (Å²) in [7, 11) is 1.59. The average molecular weight is 421 g/mol. The normalized spacial score (nSPS) is 16.9. The zero-order valence-electron chi connectivity index (χ0n) is 17.8. The Morgan fingerprint density at radius 1 is 1.24 bits per heavy atom. The molecule has 160 valence electrons. The number of hydrogen-bond acceptors (Lipinski definition) is 2. The lowest BCUT2D eigenvalue weighted by Gasteiger charge is -2.31. The fraction of sp³-hybridized carbons (Fsp3) is 0.545. The highest BCUT2D eigenvalue weighted by Crippen LogP contribution is 2.36. The second-order valence-corrected chi connectivity index (χ2v) is 7.91. The van der Waals surface area contributed by atoms with Gasteiger partial charge in [0.1, 0.15) is 0 Å². The van der Waals surface area contributed by atoms with E-state index in [0.717, 1.165) is 24.2 Å². The maximum Gasteiger partial charge on any atom is 0.318 e. The van der Waals surface area contributed by atoms with Gasteiger partial charge in [0.2, 0.25) is 0 Å². The Morgan fingerprint density at radius 2 is 1.86 bits per heavy atom. The molecule has 2 heterocycles. The summed E-state index contributed by atoms with van der Waals surface area (Å²) >= 11 is 6.58. The van der Waals surface area contributed by atoms with Crippen molar-refractivity contribution in [2.75, 3.05) is 13.6 Å². The summed E-state index contributed by atoms with van der Waals surface area (Å²) in [6, 6.07) is 0.219. The SMILES string of the molecule is C=CC.C=CC(C)c1c(Cl)c(C(=O)NC)c2n1CCN(C(=O)NC1CCCC1)C2. The highest BCUT2D eigenvalue weighted by molar-refractivity contribution is 6.35. The van der Waals surface area contributed by atoms with Crippen molar-refractivity contribution >= 4 is 23.5 Å². The smallest absolute Gasteiger partial charge is 0.318 e. The maximum absolute atomic E-state index is 12.7. The molecule has 1 aromatic heterocycles. The van der Waals surface area contributed by atoms with Gasteiger partial charge in [0.25, 0.3) is 5.91 Å². The molecule has 6 nitrogen and oxygen atoms in total. The monoisotopic (exact) mass is 420 g/mol. The van der Waals surface area contributed by atoms with Gasteiger partial charge in [0, 0.05) is 37.8 Å². The lowest BCUT2D eigenvalue weighted by Crippen LogP contribution is -2.47. The molecule has 1 unspecified atom stereocenters. The average Bonchev–Trinajstić information content (AvgIpc) is 3.32. The van der Waals surface area contributed by atoms with E-state index in [1.807, 2.05) is 19.9 Å². The van der Waals surface area contributed by atoms with E-state index < -0.39 is 0 Å². The van der Waals surface area contributed by atoms with Gasteiger partial charge >= 0.3 is 6.03 Å². The number of aromatic nitrogens is 1. The molecule has 3 rings (SSSR count). The van der Waals surface area contributed by atoms with Crippen molar-refractivity contribution in [3.8, 4) is 0 Å². The number of rotatable bonds is 4. The molecule has 29 heavy (non-hydrogen) atoms. The molecule has 1 fully saturated rings. The zero-order valence-corrected chi connectivity index (χ0v) is 18.5. The molecular weight excluding hydrogens is 388 g/mol. The first-order chi connectivity index (χ1) is 13.9. The van der Waals surface area contributed by atoms with Crippen molar-refractivity contribution in [3.05, 3.63) is 47.3 Å². The first-order valence-electron chi connectivity index (χ1n) is 10.3. The van der Waals surface area contributed by atoms with Crippen LogP contribution in [0.3, 0.4) is 0 Å². The van der Waals surface area contributed by atoms with Crippen molar-refractivity contribution in [2.45, 2.75) is 64.6 Å². The standard InChI is InChI=1S/C19H27ClN4O2.C3H6/c1-4-12(2)17-16(20)15(18(25)21-3)14-11-23(9-10-24(14)17)19(26)22-13-7-5-6-8-13;1-3-2/h4,12-13H,1,5-11H2,2-3H3,(H,21,25)(H,22,26);3H,1H2,2H3. The highest BCUT2D eigenvalue weighted by Gasteiger charge is 2.33. The summed E-state index contributed by atoms with van der Waals surface area (Å²) in [6.45, 7) is 12.7. The Morgan fingerprint density at radius 3 is 2.41 bits per heavy atom. The number of urea groups is 1. The van der Waals surface area contributed by atoms with Gasteiger partial charge in [0.05, 0.1) is 22.8 Å². The molecule has 0 aromatic carbocycles. The van der Waals surface area contributed by atoms with Crippen molar-refractivity contribution in [1.29, 1.82) is 0 Å². The fourth-order valence-electron chi connectivity index (χ4n) is 3.98. The molecule has 1 aliphatic heterocycles. The van der Waals surface area contributed by atoms with Gasteiger partial charge in [-0.25, -0.2) is 4.79 Å². The van der Waals surface area contributed by atoms with Crippen LogP contribution in [0.15, 0.2) is 25.3 Å². The van der Waals surface area contributed by atoms with Crippen LogP contribution in [-0.4, -0.2) is 41.0 Å². The highest BCUT2D eigenvalue weighted by atomic mass is 35.5. The Kier molecular flexibility index (Phi) is 8.38. The number of nitrogens with zero attached hydrogens (tertiary/aromatic N) is 2. The molecule has 3 amide bonds. The summed E-state index contributed by atoms with van der Waals surface area (Å²) in [5, 5.41) is 6.25. The van der Waals surface area contributed by atoms with Gasteiger partial charge in [-0.05, 0) is 19.8 Å². The van der Waals surface area contributed by atoms with Gasteiger partial charge in [-0.1, -0.05) is 43.5 Å². The largest absolute Gasteiger partial charge is 0.355 e. The minimum Gasteiger partial charge on any atom is -0.355 e. The van der Waals surface area contributed by atoms with E-state index in [-0.39, 0.29) is 23.9 Å². The molecule has 0 radical (unpaired) electrons. The van der Waals surface area contributed by atoms with Gasteiger partial charge < -0.3 is 20.1 Å². The van der Waals surface area contributed by atoms with Crippen LogP contribution in [0.5, 0.6) is 0 Å². The van der Waals surface area contributed by atoms with Crippen LogP contribution in [0.4, 0.5) is 4.79 Å². The Balaban J connectivity index is 0.000000941. The van der Waals surface area contributed by atoms with Crippen LogP contribution < -0.4 is 10.6 Å². The van der Waals surface area contributed by atoms with Crippen LogP contribution in [-0.2, 0) is 13.1 Å². The molecule has 1 saturated carbocycles. The molecule has 1 atom stereocenters. The number of carbonyl (C=O) groups excluding carboxylic acids is 2. The summed E-state index contributed by atoms with van der Waals surface area (Å²) in [6.07, 6.45) is 8.01. The Bertz CT molecular complexity index is 765. The van der Waals surface area contributed by atoms with Crippen LogP contribution in [0, 0.1) is 0 Å². The molecule has 2 aliphatic rings. The van der Waals surface area contributed by atoms with E-state index in [1.165, 1.54) is 12.8 Å². The van der Waals surface area contributed by atoms with Crippen molar-refractivity contribution in [1.82, 2.24) is 20.1 Å². The summed E-state index contributed by atoms with van der Waals surface area (Å²) < 4.78 is 2.08. The third kappa shape index (κ3) is 5.04. The number of fused-ring (bicyclic) bond motifs is 1. The molecule has 1 aliphatic carbocycles. The Hall–Kier alpha value is -2.21. The van der Waals surface area contributed by atoms with Gasteiger partial charge in [0.15, 0.2) is 0 Å². The van der Waals surface area contributed by atoms with E-state index in [9.17, 15) is 9.59 Å².